The summed E-state index contributed by atoms with van der Waals surface area (Å²) in [6.07, 6.45) is 8.91. The lowest BCUT2D eigenvalue weighted by atomic mass is 9.81. The number of aryl methyl sites for hydroxylation is 2. The van der Waals surface area contributed by atoms with Crippen LogP contribution in [0.15, 0.2) is 30.3 Å². The Kier molecular flexibility index (Phi) is 6.20. The van der Waals surface area contributed by atoms with E-state index in [-0.39, 0.29) is 18.4 Å². The summed E-state index contributed by atoms with van der Waals surface area (Å²) in [4.78, 5) is 58.3. The van der Waals surface area contributed by atoms with Gasteiger partial charge >= 0.3 is 5.97 Å². The van der Waals surface area contributed by atoms with Gasteiger partial charge in [0.25, 0.3) is 11.8 Å². The highest BCUT2D eigenvalue weighted by Gasteiger charge is 2.37. The van der Waals surface area contributed by atoms with Gasteiger partial charge < -0.3 is 14.5 Å². The predicted molar refractivity (Wildman–Crippen MR) is 169 cm³/mol. The van der Waals surface area contributed by atoms with E-state index in [2.05, 4.69) is 21.6 Å². The number of aldehydes is 1. The number of anilines is 1. The molecule has 0 radical (unpaired) electrons. The topological polar surface area (TPSA) is 96.2 Å². The highest BCUT2D eigenvalue weighted by Crippen LogP contribution is 2.48. The molecule has 0 aliphatic carbocycles. The molecule has 6 heterocycles. The number of fused-ring (bicyclic) bond motifs is 4. The maximum atomic E-state index is 13.4. The average Bonchev–Trinajstić information content (AvgIpc) is 3.40. The summed E-state index contributed by atoms with van der Waals surface area (Å²) in [5.74, 6) is -0.177. The second kappa shape index (κ2) is 10.4. The van der Waals surface area contributed by atoms with Gasteiger partial charge in [-0.3, -0.25) is 14.4 Å². The monoisotopic (exact) mass is 616 g/mol. The summed E-state index contributed by atoms with van der Waals surface area (Å²) in [6.45, 7) is 4.17. The minimum absolute atomic E-state index is 0.0150. The van der Waals surface area contributed by atoms with Crippen molar-refractivity contribution in [3.8, 4) is 11.5 Å². The van der Waals surface area contributed by atoms with Crippen LogP contribution < -0.4 is 24.8 Å². The molecule has 0 saturated carbocycles. The van der Waals surface area contributed by atoms with E-state index < -0.39 is 17.8 Å². The summed E-state index contributed by atoms with van der Waals surface area (Å²) >= 11 is 0. The number of nitrogens with zero attached hydrogens (tertiary/aromatic N) is 3. The molecule has 1 fully saturated rings. The maximum absolute atomic E-state index is 13.4. The number of ether oxygens (including phenoxy) is 1. The highest BCUT2D eigenvalue weighted by atomic mass is 16.7. The molecule has 9 nitrogen and oxygen atoms in total. The van der Waals surface area contributed by atoms with E-state index >= 15 is 0 Å². The average molecular weight is 617 g/mol. The Balaban J connectivity index is 1.33. The number of hydrogen-bond acceptors (Lipinski definition) is 7. The third kappa shape index (κ3) is 4.03. The van der Waals surface area contributed by atoms with Crippen molar-refractivity contribution >= 4 is 35.3 Å². The fourth-order valence-corrected chi connectivity index (χ4v) is 8.60. The number of carbonyl (C=O) groups excluding carboxylic acids is 4. The van der Waals surface area contributed by atoms with Crippen LogP contribution in [-0.2, 0) is 40.1 Å². The van der Waals surface area contributed by atoms with Crippen LogP contribution in [0, 0.1) is 0 Å². The van der Waals surface area contributed by atoms with E-state index in [1.54, 1.807) is 12.1 Å². The van der Waals surface area contributed by atoms with Crippen molar-refractivity contribution in [1.29, 1.82) is 0 Å². The summed E-state index contributed by atoms with van der Waals surface area (Å²) < 4.78 is 9.60. The summed E-state index contributed by atoms with van der Waals surface area (Å²) in [6, 6.07) is 9.33. The smallest absolute Gasteiger partial charge is 0.363 e. The lowest BCUT2D eigenvalue weighted by Gasteiger charge is -2.39. The van der Waals surface area contributed by atoms with E-state index in [1.165, 1.54) is 39.4 Å². The lowest BCUT2D eigenvalue weighted by Crippen LogP contribution is -2.45. The van der Waals surface area contributed by atoms with Crippen molar-refractivity contribution in [3.05, 3.63) is 85.4 Å². The zero-order chi connectivity index (χ0) is 31.1. The number of benzene rings is 3. The Morgan fingerprint density at radius 2 is 1.54 bits per heavy atom. The van der Waals surface area contributed by atoms with E-state index in [0.29, 0.717) is 16.2 Å². The first-order valence-electron chi connectivity index (χ1n) is 16.6. The molecule has 46 heavy (non-hydrogen) atoms. The van der Waals surface area contributed by atoms with Crippen LogP contribution in [-0.4, -0.2) is 55.3 Å². The van der Waals surface area contributed by atoms with Crippen molar-refractivity contribution in [2.24, 2.45) is 0 Å². The standard InChI is InChI=1S/C37H34N3O6/c41-20-24-10-9-23(37(44)46-40-30(42)11-12-31(40)43)19-27(24)32-28-17-21-5-1-13-38-15-3-7-25(33(21)38)35(28)45-36-26-8-4-16-39-14-2-6-22(34(26)39)18-29(32)36/h9-10,17-20H,1-8,11-16H2/q+1. The molecule has 0 bridgehead atoms. The first-order valence-corrected chi connectivity index (χ1v) is 16.6. The van der Waals surface area contributed by atoms with Crippen LogP contribution in [0.3, 0.4) is 0 Å². The van der Waals surface area contributed by atoms with Crippen molar-refractivity contribution < 1.29 is 28.8 Å². The van der Waals surface area contributed by atoms with Crippen LogP contribution in [0.1, 0.15) is 92.6 Å². The minimum Gasteiger partial charge on any atom is -0.455 e. The Bertz CT molecular complexity index is 2040. The van der Waals surface area contributed by atoms with Crippen LogP contribution >= 0.6 is 0 Å². The molecular formula is C37H34N3O6+. The highest BCUT2D eigenvalue weighted by molar-refractivity contribution is 6.03. The van der Waals surface area contributed by atoms with Gasteiger partial charge in [-0.1, -0.05) is 6.07 Å². The third-order valence-electron chi connectivity index (χ3n) is 10.6. The zero-order valence-electron chi connectivity index (χ0n) is 25.7. The fraction of sp³-hybridized carbons (Fsp3) is 0.378. The van der Waals surface area contributed by atoms with Crippen LogP contribution in [0.4, 0.5) is 5.69 Å². The van der Waals surface area contributed by atoms with Gasteiger partial charge in [0.2, 0.25) is 5.36 Å². The van der Waals surface area contributed by atoms with Crippen LogP contribution in [0.25, 0.3) is 5.57 Å². The molecule has 9 rings (SSSR count). The third-order valence-corrected chi connectivity index (χ3v) is 10.6. The van der Waals surface area contributed by atoms with E-state index in [4.69, 9.17) is 9.57 Å². The van der Waals surface area contributed by atoms with Gasteiger partial charge in [-0.15, -0.1) is 5.06 Å². The number of carbonyl (C=O) groups is 4. The Morgan fingerprint density at radius 1 is 0.804 bits per heavy atom. The molecule has 0 N–H and O–H groups in total. The first kappa shape index (κ1) is 27.5. The molecule has 9 heteroatoms. The van der Waals surface area contributed by atoms with E-state index in [9.17, 15) is 19.2 Å². The van der Waals surface area contributed by atoms with Crippen LogP contribution in [0.5, 0.6) is 11.5 Å². The largest absolute Gasteiger partial charge is 0.455 e. The van der Waals surface area contributed by atoms with Gasteiger partial charge in [-0.2, -0.15) is 0 Å². The zero-order valence-corrected chi connectivity index (χ0v) is 25.7. The number of hydrogen-bond donors (Lipinski definition) is 0. The second-order valence-electron chi connectivity index (χ2n) is 13.2. The summed E-state index contributed by atoms with van der Waals surface area (Å²) in [5, 5.41) is 2.81. The molecule has 232 valence electrons. The molecule has 6 aliphatic rings. The van der Waals surface area contributed by atoms with Gasteiger partial charge in [0.1, 0.15) is 24.6 Å². The van der Waals surface area contributed by atoms with Gasteiger partial charge in [0.05, 0.1) is 11.1 Å². The Hall–Kier alpha value is -4.79. The number of rotatable bonds is 4. The molecule has 3 aromatic carbocycles. The van der Waals surface area contributed by atoms with Crippen molar-refractivity contribution in [2.75, 3.05) is 31.1 Å². The molecule has 0 unspecified atom stereocenters. The van der Waals surface area contributed by atoms with E-state index in [0.717, 1.165) is 112 Å². The number of hydroxylamine groups is 2. The second-order valence-corrected chi connectivity index (χ2v) is 13.2. The fourth-order valence-electron chi connectivity index (χ4n) is 8.60. The van der Waals surface area contributed by atoms with Gasteiger partial charge in [-0.25, -0.2) is 9.37 Å². The normalized spacial score (nSPS) is 19.2. The van der Waals surface area contributed by atoms with Crippen molar-refractivity contribution in [1.82, 2.24) is 9.64 Å². The first-order chi connectivity index (χ1) is 22.5. The molecule has 1 saturated heterocycles. The van der Waals surface area contributed by atoms with E-state index in [1.807, 2.05) is 0 Å². The molecule has 0 atom stereocenters. The Morgan fingerprint density at radius 3 is 2.35 bits per heavy atom. The molecule has 0 aromatic heterocycles. The van der Waals surface area contributed by atoms with Gasteiger partial charge in [0, 0.05) is 77.5 Å². The van der Waals surface area contributed by atoms with Crippen molar-refractivity contribution in [3.63, 3.8) is 0 Å². The molecule has 3 aromatic rings. The lowest BCUT2D eigenvalue weighted by molar-refractivity contribution is -0.172. The van der Waals surface area contributed by atoms with Gasteiger partial charge in [-0.05, 0) is 73.9 Å². The maximum Gasteiger partial charge on any atom is 0.363 e. The quantitative estimate of drug-likeness (QED) is 0.198. The SMILES string of the molecule is O=Cc1ccc(C(=O)ON2C(=O)CCC2=O)cc1C1=c2cc3c4c(c2Oc2c1cc1c5c2CCCN5CCC1)CCC[N+]=4CCC3. The number of amides is 2. The number of imide groups is 1. The molecule has 2 amide bonds. The summed E-state index contributed by atoms with van der Waals surface area (Å²) in [7, 11) is 0. The molecule has 6 aliphatic heterocycles. The minimum atomic E-state index is -0.817. The van der Waals surface area contributed by atoms with Crippen molar-refractivity contribution in [2.45, 2.75) is 64.2 Å². The van der Waals surface area contributed by atoms with Gasteiger partial charge in [0.15, 0.2) is 6.29 Å². The Labute approximate surface area is 265 Å². The molecular weight excluding hydrogens is 582 g/mol. The summed E-state index contributed by atoms with van der Waals surface area (Å²) in [5.41, 5.74) is 9.39. The molecule has 0 spiro atoms. The van der Waals surface area contributed by atoms with Crippen LogP contribution in [0.2, 0.25) is 0 Å². The predicted octanol–water partition coefficient (Wildman–Crippen LogP) is 3.16.